The van der Waals surface area contributed by atoms with Gasteiger partial charge in [-0.3, -0.25) is 0 Å². The van der Waals surface area contributed by atoms with E-state index in [0.29, 0.717) is 12.1 Å². The van der Waals surface area contributed by atoms with Gasteiger partial charge in [-0.1, -0.05) is 18.2 Å². The number of H-pyrrole nitrogens is 1. The van der Waals surface area contributed by atoms with Crippen molar-refractivity contribution in [3.8, 4) is 0 Å². The van der Waals surface area contributed by atoms with E-state index in [4.69, 9.17) is 0 Å². The SMILES string of the molecule is CC(C)N(c1cc2ccccc2[nH]1)C(C)C. The molecule has 1 aromatic carbocycles. The molecule has 1 heterocycles. The highest BCUT2D eigenvalue weighted by atomic mass is 15.2. The molecule has 0 radical (unpaired) electrons. The van der Waals surface area contributed by atoms with Crippen LogP contribution in [0.2, 0.25) is 0 Å². The van der Waals surface area contributed by atoms with Crippen molar-refractivity contribution in [2.45, 2.75) is 39.8 Å². The summed E-state index contributed by atoms with van der Waals surface area (Å²) in [6.07, 6.45) is 0. The third kappa shape index (κ3) is 1.92. The highest BCUT2D eigenvalue weighted by Crippen LogP contribution is 2.24. The van der Waals surface area contributed by atoms with E-state index in [9.17, 15) is 0 Å². The average Bonchev–Trinajstić information content (AvgIpc) is 2.58. The zero-order chi connectivity index (χ0) is 11.7. The molecule has 2 aromatic rings. The monoisotopic (exact) mass is 216 g/mol. The van der Waals surface area contributed by atoms with Crippen molar-refractivity contribution in [3.05, 3.63) is 30.3 Å². The lowest BCUT2D eigenvalue weighted by atomic mass is 10.2. The van der Waals surface area contributed by atoms with E-state index >= 15 is 0 Å². The minimum atomic E-state index is 0.507. The van der Waals surface area contributed by atoms with Crippen LogP contribution in [0, 0.1) is 0 Å². The fraction of sp³-hybridized carbons (Fsp3) is 0.429. The molecule has 0 amide bonds. The molecule has 16 heavy (non-hydrogen) atoms. The minimum absolute atomic E-state index is 0.507. The molecule has 2 heteroatoms. The summed E-state index contributed by atoms with van der Waals surface area (Å²) in [5, 5.41) is 1.28. The number of benzene rings is 1. The molecule has 0 saturated carbocycles. The average molecular weight is 216 g/mol. The summed E-state index contributed by atoms with van der Waals surface area (Å²) in [6.45, 7) is 8.91. The molecule has 0 aliphatic heterocycles. The predicted octanol–water partition coefficient (Wildman–Crippen LogP) is 3.79. The Bertz CT molecular complexity index is 427. The van der Waals surface area contributed by atoms with Crippen LogP contribution in [-0.4, -0.2) is 17.1 Å². The molecule has 2 rings (SSSR count). The zero-order valence-corrected chi connectivity index (χ0v) is 10.5. The third-order valence-electron chi connectivity index (χ3n) is 2.91. The first-order valence-electron chi connectivity index (χ1n) is 5.95. The molecule has 0 spiro atoms. The summed E-state index contributed by atoms with van der Waals surface area (Å²) in [6, 6.07) is 11.7. The second-order valence-corrected chi connectivity index (χ2v) is 4.84. The van der Waals surface area contributed by atoms with Crippen LogP contribution in [0.1, 0.15) is 27.7 Å². The number of anilines is 1. The zero-order valence-electron chi connectivity index (χ0n) is 10.5. The van der Waals surface area contributed by atoms with Crippen molar-refractivity contribution in [2.24, 2.45) is 0 Å². The Labute approximate surface area is 97.3 Å². The first-order valence-corrected chi connectivity index (χ1v) is 5.95. The first-order chi connectivity index (χ1) is 7.59. The largest absolute Gasteiger partial charge is 0.353 e. The van der Waals surface area contributed by atoms with E-state index in [1.165, 1.54) is 16.7 Å². The van der Waals surface area contributed by atoms with Crippen LogP contribution < -0.4 is 4.90 Å². The summed E-state index contributed by atoms with van der Waals surface area (Å²) in [4.78, 5) is 5.89. The Morgan fingerprint density at radius 2 is 1.62 bits per heavy atom. The minimum Gasteiger partial charge on any atom is -0.353 e. The normalized spacial score (nSPS) is 11.6. The topological polar surface area (TPSA) is 19.0 Å². The number of nitrogens with zero attached hydrogens (tertiary/aromatic N) is 1. The highest BCUT2D eigenvalue weighted by molar-refractivity contribution is 5.84. The molecule has 0 unspecified atom stereocenters. The highest BCUT2D eigenvalue weighted by Gasteiger charge is 2.15. The second-order valence-electron chi connectivity index (χ2n) is 4.84. The van der Waals surface area contributed by atoms with Crippen LogP contribution in [0.25, 0.3) is 10.9 Å². The molecule has 0 aliphatic carbocycles. The van der Waals surface area contributed by atoms with Crippen molar-refractivity contribution in [2.75, 3.05) is 4.90 Å². The van der Waals surface area contributed by atoms with Crippen LogP contribution in [0.3, 0.4) is 0 Å². The van der Waals surface area contributed by atoms with Gasteiger partial charge in [0.15, 0.2) is 0 Å². The van der Waals surface area contributed by atoms with Gasteiger partial charge in [-0.15, -0.1) is 0 Å². The third-order valence-corrected chi connectivity index (χ3v) is 2.91. The number of aromatic amines is 1. The fourth-order valence-electron chi connectivity index (χ4n) is 2.35. The van der Waals surface area contributed by atoms with E-state index in [1.54, 1.807) is 0 Å². The number of rotatable bonds is 3. The van der Waals surface area contributed by atoms with Gasteiger partial charge in [-0.05, 0) is 39.8 Å². The smallest absolute Gasteiger partial charge is 0.107 e. The fourth-order valence-corrected chi connectivity index (χ4v) is 2.35. The quantitative estimate of drug-likeness (QED) is 0.827. The summed E-state index contributed by atoms with van der Waals surface area (Å²) in [5.74, 6) is 1.21. The van der Waals surface area contributed by atoms with Crippen LogP contribution in [-0.2, 0) is 0 Å². The maximum Gasteiger partial charge on any atom is 0.107 e. The van der Waals surface area contributed by atoms with Gasteiger partial charge < -0.3 is 9.88 Å². The predicted molar refractivity (Wildman–Crippen MR) is 71.0 cm³/mol. The molecule has 0 fully saturated rings. The summed E-state index contributed by atoms with van der Waals surface area (Å²) in [7, 11) is 0. The van der Waals surface area contributed by atoms with Crippen LogP contribution >= 0.6 is 0 Å². The Morgan fingerprint density at radius 3 is 2.19 bits per heavy atom. The number of aromatic nitrogens is 1. The van der Waals surface area contributed by atoms with Crippen LogP contribution in [0.4, 0.5) is 5.82 Å². The molecule has 1 N–H and O–H groups in total. The number of fused-ring (bicyclic) bond motifs is 1. The van der Waals surface area contributed by atoms with Gasteiger partial charge in [0.05, 0.1) is 0 Å². The first kappa shape index (κ1) is 11.1. The van der Waals surface area contributed by atoms with E-state index in [0.717, 1.165) is 0 Å². The van der Waals surface area contributed by atoms with Gasteiger partial charge in [-0.25, -0.2) is 0 Å². The number of hydrogen-bond donors (Lipinski definition) is 1. The van der Waals surface area contributed by atoms with Gasteiger partial charge >= 0.3 is 0 Å². The molecule has 0 aliphatic rings. The maximum absolute atomic E-state index is 3.48. The Morgan fingerprint density at radius 1 is 1.00 bits per heavy atom. The van der Waals surface area contributed by atoms with Crippen LogP contribution in [0.15, 0.2) is 30.3 Å². The van der Waals surface area contributed by atoms with Gasteiger partial charge in [0.1, 0.15) is 5.82 Å². The molecule has 0 bridgehead atoms. The Kier molecular flexibility index (Phi) is 2.90. The standard InChI is InChI=1S/C14H20N2/c1-10(2)16(11(3)4)14-9-12-7-5-6-8-13(12)15-14/h5-11,15H,1-4H3. The summed E-state index contributed by atoms with van der Waals surface area (Å²) >= 11 is 0. The molecule has 1 aromatic heterocycles. The van der Waals surface area contributed by atoms with Crippen molar-refractivity contribution in [3.63, 3.8) is 0 Å². The van der Waals surface area contributed by atoms with Gasteiger partial charge in [-0.2, -0.15) is 0 Å². The Hall–Kier alpha value is -1.44. The molecular weight excluding hydrogens is 196 g/mol. The Balaban J connectivity index is 2.45. The van der Waals surface area contributed by atoms with E-state index in [1.807, 2.05) is 0 Å². The van der Waals surface area contributed by atoms with Crippen molar-refractivity contribution in [1.82, 2.24) is 4.98 Å². The molecule has 86 valence electrons. The van der Waals surface area contributed by atoms with Gasteiger partial charge in [0.2, 0.25) is 0 Å². The van der Waals surface area contributed by atoms with Crippen LogP contribution in [0.5, 0.6) is 0 Å². The van der Waals surface area contributed by atoms with Crippen molar-refractivity contribution in [1.29, 1.82) is 0 Å². The molecule has 0 atom stereocenters. The summed E-state index contributed by atoms with van der Waals surface area (Å²) < 4.78 is 0. The lowest BCUT2D eigenvalue weighted by Gasteiger charge is -2.31. The lowest BCUT2D eigenvalue weighted by molar-refractivity contribution is 0.602. The molecular formula is C14H20N2. The molecule has 0 saturated heterocycles. The van der Waals surface area contributed by atoms with Gasteiger partial charge in [0, 0.05) is 23.0 Å². The number of nitrogens with one attached hydrogen (secondary N) is 1. The van der Waals surface area contributed by atoms with Gasteiger partial charge in [0.25, 0.3) is 0 Å². The second kappa shape index (κ2) is 4.20. The van der Waals surface area contributed by atoms with E-state index in [2.05, 4.69) is 67.9 Å². The lowest BCUT2D eigenvalue weighted by Crippen LogP contribution is -2.37. The van der Waals surface area contributed by atoms with Crippen molar-refractivity contribution < 1.29 is 0 Å². The molecule has 2 nitrogen and oxygen atoms in total. The summed E-state index contributed by atoms with van der Waals surface area (Å²) in [5.41, 5.74) is 1.21. The number of hydrogen-bond acceptors (Lipinski definition) is 1. The van der Waals surface area contributed by atoms with E-state index < -0.39 is 0 Å². The number of para-hydroxylation sites is 1. The van der Waals surface area contributed by atoms with Crippen molar-refractivity contribution >= 4 is 16.7 Å². The van der Waals surface area contributed by atoms with E-state index in [-0.39, 0.29) is 0 Å². The maximum atomic E-state index is 3.48.